The van der Waals surface area contributed by atoms with Crippen LogP contribution < -0.4 is 0 Å². The van der Waals surface area contributed by atoms with Gasteiger partial charge in [-0.3, -0.25) is 4.57 Å². The lowest BCUT2D eigenvalue weighted by atomic mass is 9.96. The van der Waals surface area contributed by atoms with Crippen LogP contribution in [0.4, 0.5) is 0 Å². The molecule has 0 amide bonds. The quantitative estimate of drug-likeness (QED) is 0.738. The molecule has 0 N–H and O–H groups in total. The fourth-order valence-electron chi connectivity index (χ4n) is 2.14. The Balaban J connectivity index is 2.31. The average molecular weight is 268 g/mol. The van der Waals surface area contributed by atoms with E-state index in [9.17, 15) is 4.57 Å². The van der Waals surface area contributed by atoms with Crippen molar-refractivity contribution in [2.75, 3.05) is 0 Å². The maximum Gasteiger partial charge on any atom is 0.334 e. The van der Waals surface area contributed by atoms with Crippen LogP contribution >= 0.6 is 7.60 Å². The van der Waals surface area contributed by atoms with Crippen LogP contribution in [0.5, 0.6) is 0 Å². The Morgan fingerprint density at radius 3 is 2.44 bits per heavy atom. The first-order valence-electron chi connectivity index (χ1n) is 6.36. The first-order valence-corrected chi connectivity index (χ1v) is 7.97. The normalized spacial score (nSPS) is 31.5. The number of hydrogen-bond acceptors (Lipinski definition) is 3. The highest BCUT2D eigenvalue weighted by molar-refractivity contribution is 7.54. The van der Waals surface area contributed by atoms with E-state index in [4.69, 9.17) is 9.05 Å². The second kappa shape index (κ2) is 4.80. The zero-order valence-corrected chi connectivity index (χ0v) is 12.3. The minimum absolute atomic E-state index is 0.122. The van der Waals surface area contributed by atoms with Gasteiger partial charge in [0.2, 0.25) is 0 Å². The second-order valence-electron chi connectivity index (χ2n) is 5.69. The zero-order chi connectivity index (χ0) is 13.4. The van der Waals surface area contributed by atoms with E-state index in [0.717, 1.165) is 5.56 Å². The molecule has 100 valence electrons. The van der Waals surface area contributed by atoms with Crippen molar-refractivity contribution in [3.8, 4) is 0 Å². The van der Waals surface area contributed by atoms with Crippen LogP contribution in [0.1, 0.15) is 45.8 Å². The first kappa shape index (κ1) is 13.8. The van der Waals surface area contributed by atoms with E-state index in [1.807, 2.05) is 58.0 Å². The van der Waals surface area contributed by atoms with Crippen molar-refractivity contribution in [2.45, 2.75) is 51.5 Å². The molecule has 2 atom stereocenters. The Kier molecular flexibility index (Phi) is 3.68. The van der Waals surface area contributed by atoms with E-state index in [2.05, 4.69) is 0 Å². The van der Waals surface area contributed by atoms with Gasteiger partial charge in [0.15, 0.2) is 0 Å². The summed E-state index contributed by atoms with van der Waals surface area (Å²) in [5.41, 5.74) is 0.525. The van der Waals surface area contributed by atoms with Crippen molar-refractivity contribution in [2.24, 2.45) is 0 Å². The molecule has 0 radical (unpaired) electrons. The topological polar surface area (TPSA) is 35.5 Å². The lowest BCUT2D eigenvalue weighted by Gasteiger charge is -2.41. The molecule has 0 saturated carbocycles. The Morgan fingerprint density at radius 2 is 1.89 bits per heavy atom. The lowest BCUT2D eigenvalue weighted by molar-refractivity contribution is -0.0233. The Labute approximate surface area is 109 Å². The van der Waals surface area contributed by atoms with Gasteiger partial charge in [0.1, 0.15) is 0 Å². The summed E-state index contributed by atoms with van der Waals surface area (Å²) in [7, 11) is -3.03. The van der Waals surface area contributed by atoms with Crippen LogP contribution in [-0.2, 0) is 13.6 Å². The Hall–Kier alpha value is -0.630. The molecular formula is C14H21O3P. The van der Waals surface area contributed by atoms with Crippen LogP contribution in [0.15, 0.2) is 30.3 Å². The third-order valence-electron chi connectivity index (χ3n) is 3.13. The van der Waals surface area contributed by atoms with Crippen molar-refractivity contribution >= 4 is 7.60 Å². The molecule has 1 aromatic rings. The SMILES string of the molecule is CC(C)P1(=O)OC(c2ccccc2)CC(C)(C)O1. The van der Waals surface area contributed by atoms with Gasteiger partial charge in [0.25, 0.3) is 0 Å². The lowest BCUT2D eigenvalue weighted by Crippen LogP contribution is -2.33. The van der Waals surface area contributed by atoms with Gasteiger partial charge in [0.05, 0.1) is 17.4 Å². The van der Waals surface area contributed by atoms with Crippen molar-refractivity contribution in [3.05, 3.63) is 35.9 Å². The Morgan fingerprint density at radius 1 is 1.28 bits per heavy atom. The van der Waals surface area contributed by atoms with Gasteiger partial charge in [-0.1, -0.05) is 44.2 Å². The predicted octanol–water partition coefficient (Wildman–Crippen LogP) is 4.54. The standard InChI is InChI=1S/C14H21O3P/c1-11(2)18(15)16-13(10-14(3,4)17-18)12-8-6-5-7-9-12/h5-9,11,13H,10H2,1-4H3. The Bertz CT molecular complexity index is 453. The molecule has 0 bridgehead atoms. The largest absolute Gasteiger partial charge is 0.334 e. The van der Waals surface area contributed by atoms with Crippen molar-refractivity contribution in [1.29, 1.82) is 0 Å². The maximum atomic E-state index is 12.7. The molecule has 0 aliphatic carbocycles. The minimum Gasteiger partial charge on any atom is -0.302 e. The van der Waals surface area contributed by atoms with Gasteiger partial charge in [-0.2, -0.15) is 0 Å². The average Bonchev–Trinajstić information content (AvgIpc) is 2.27. The van der Waals surface area contributed by atoms with Crippen LogP contribution in [0.3, 0.4) is 0 Å². The van der Waals surface area contributed by atoms with Gasteiger partial charge in [-0.25, -0.2) is 0 Å². The summed E-state index contributed by atoms with van der Waals surface area (Å²) < 4.78 is 24.2. The van der Waals surface area contributed by atoms with Crippen molar-refractivity contribution in [3.63, 3.8) is 0 Å². The summed E-state index contributed by atoms with van der Waals surface area (Å²) >= 11 is 0. The molecule has 1 aromatic carbocycles. The molecule has 1 saturated heterocycles. The fourth-order valence-corrected chi connectivity index (χ4v) is 3.95. The van der Waals surface area contributed by atoms with Crippen LogP contribution in [0.25, 0.3) is 0 Å². The number of rotatable bonds is 2. The molecule has 0 spiro atoms. The summed E-state index contributed by atoms with van der Waals surface area (Å²) in [4.78, 5) is 0. The molecular weight excluding hydrogens is 247 g/mol. The second-order valence-corrected chi connectivity index (χ2v) is 8.20. The third-order valence-corrected chi connectivity index (χ3v) is 5.69. The van der Waals surface area contributed by atoms with E-state index in [1.54, 1.807) is 0 Å². The molecule has 1 heterocycles. The molecule has 2 unspecified atom stereocenters. The van der Waals surface area contributed by atoms with E-state index < -0.39 is 13.2 Å². The number of hydrogen-bond donors (Lipinski definition) is 0. The molecule has 2 rings (SSSR count). The monoisotopic (exact) mass is 268 g/mol. The highest BCUT2D eigenvalue weighted by atomic mass is 31.2. The van der Waals surface area contributed by atoms with Gasteiger partial charge in [-0.15, -0.1) is 0 Å². The molecule has 3 nitrogen and oxygen atoms in total. The molecule has 4 heteroatoms. The van der Waals surface area contributed by atoms with Crippen molar-refractivity contribution in [1.82, 2.24) is 0 Å². The summed E-state index contributed by atoms with van der Waals surface area (Å²) in [6.07, 6.45) is 0.566. The first-order chi connectivity index (χ1) is 8.32. The summed E-state index contributed by atoms with van der Waals surface area (Å²) in [5.74, 6) is 0. The summed E-state index contributed by atoms with van der Waals surface area (Å²) in [6.45, 7) is 7.70. The summed E-state index contributed by atoms with van der Waals surface area (Å²) in [5, 5.41) is 0. The highest BCUT2D eigenvalue weighted by Crippen LogP contribution is 2.63. The number of benzene rings is 1. The third kappa shape index (κ3) is 2.85. The van der Waals surface area contributed by atoms with E-state index in [-0.39, 0.29) is 11.8 Å². The van der Waals surface area contributed by atoms with Crippen LogP contribution in [-0.4, -0.2) is 11.3 Å². The maximum absolute atomic E-state index is 12.7. The fraction of sp³-hybridized carbons (Fsp3) is 0.571. The highest BCUT2D eigenvalue weighted by Gasteiger charge is 2.45. The molecule has 18 heavy (non-hydrogen) atoms. The van der Waals surface area contributed by atoms with E-state index >= 15 is 0 Å². The molecule has 0 aromatic heterocycles. The molecule has 1 aliphatic heterocycles. The van der Waals surface area contributed by atoms with Crippen LogP contribution in [0.2, 0.25) is 0 Å². The smallest absolute Gasteiger partial charge is 0.302 e. The molecule has 1 aliphatic rings. The van der Waals surface area contributed by atoms with Gasteiger partial charge in [0, 0.05) is 6.42 Å². The van der Waals surface area contributed by atoms with Crippen molar-refractivity contribution < 1.29 is 13.6 Å². The van der Waals surface area contributed by atoms with Gasteiger partial charge < -0.3 is 9.05 Å². The molecule has 1 fully saturated rings. The summed E-state index contributed by atoms with van der Waals surface area (Å²) in [6, 6.07) is 9.94. The van der Waals surface area contributed by atoms with Crippen LogP contribution in [0, 0.1) is 0 Å². The van der Waals surface area contributed by atoms with E-state index in [1.165, 1.54) is 0 Å². The minimum atomic E-state index is -3.03. The van der Waals surface area contributed by atoms with Gasteiger partial charge >= 0.3 is 7.60 Å². The van der Waals surface area contributed by atoms with Gasteiger partial charge in [-0.05, 0) is 19.4 Å². The van der Waals surface area contributed by atoms with E-state index in [0.29, 0.717) is 6.42 Å². The zero-order valence-electron chi connectivity index (χ0n) is 11.4. The predicted molar refractivity (Wildman–Crippen MR) is 72.8 cm³/mol.